The van der Waals surface area contributed by atoms with Crippen LogP contribution in [0, 0.1) is 5.92 Å². The molecule has 2 N–H and O–H groups in total. The van der Waals surface area contributed by atoms with Gasteiger partial charge in [0.25, 0.3) is 0 Å². The number of nitrogen functional groups attached to an aromatic ring is 1. The number of anilines is 1. The predicted octanol–water partition coefficient (Wildman–Crippen LogP) is 4.20. The Morgan fingerprint density at radius 3 is 2.28 bits per heavy atom. The van der Waals surface area contributed by atoms with Gasteiger partial charge in [-0.25, -0.2) is 0 Å². The Labute approximate surface area is 119 Å². The highest BCUT2D eigenvalue weighted by atomic mass is 35.5. The lowest BCUT2D eigenvalue weighted by atomic mass is 10.1. The number of benzene rings is 1. The van der Waals surface area contributed by atoms with Crippen molar-refractivity contribution in [2.24, 2.45) is 5.92 Å². The smallest absolute Gasteiger partial charge is 0.0693 e. The molecule has 0 aliphatic heterocycles. The lowest BCUT2D eigenvalue weighted by Gasteiger charge is -2.24. The van der Waals surface area contributed by atoms with Gasteiger partial charge in [-0.15, -0.1) is 0 Å². The molecule has 0 heterocycles. The quantitative estimate of drug-likeness (QED) is 0.822. The fourth-order valence-corrected chi connectivity index (χ4v) is 2.75. The van der Waals surface area contributed by atoms with Crippen molar-refractivity contribution >= 4 is 28.9 Å². The third kappa shape index (κ3) is 3.53. The summed E-state index contributed by atoms with van der Waals surface area (Å²) in [7, 11) is 0. The molecule has 1 saturated carbocycles. The van der Waals surface area contributed by atoms with Crippen LogP contribution in [0.5, 0.6) is 0 Å². The summed E-state index contributed by atoms with van der Waals surface area (Å²) in [5, 5.41) is 1.11. The maximum Gasteiger partial charge on any atom is 0.0693 e. The summed E-state index contributed by atoms with van der Waals surface area (Å²) in [4.78, 5) is 2.52. The molecule has 1 aliphatic carbocycles. The van der Waals surface area contributed by atoms with E-state index < -0.39 is 0 Å². The van der Waals surface area contributed by atoms with Crippen LogP contribution in [0.15, 0.2) is 12.1 Å². The minimum atomic E-state index is 0.476. The molecule has 100 valence electrons. The molecule has 0 bridgehead atoms. The van der Waals surface area contributed by atoms with E-state index in [1.807, 2.05) is 12.1 Å². The summed E-state index contributed by atoms with van der Waals surface area (Å²) in [6.07, 6.45) is 2.62. The van der Waals surface area contributed by atoms with Crippen LogP contribution in [-0.2, 0) is 6.54 Å². The van der Waals surface area contributed by atoms with E-state index in [2.05, 4.69) is 18.7 Å². The normalized spacial score (nSPS) is 15.7. The van der Waals surface area contributed by atoms with Crippen LogP contribution < -0.4 is 5.73 Å². The second kappa shape index (κ2) is 5.68. The fraction of sp³-hybridized carbons (Fsp3) is 0.571. The Bertz CT molecular complexity index is 405. The van der Waals surface area contributed by atoms with E-state index in [9.17, 15) is 0 Å². The molecule has 18 heavy (non-hydrogen) atoms. The van der Waals surface area contributed by atoms with Crippen LogP contribution in [0.4, 0.5) is 5.69 Å². The van der Waals surface area contributed by atoms with E-state index in [0.29, 0.717) is 21.7 Å². The molecular weight excluding hydrogens is 267 g/mol. The summed E-state index contributed by atoms with van der Waals surface area (Å²) >= 11 is 12.2. The molecule has 0 atom stereocenters. The van der Waals surface area contributed by atoms with Gasteiger partial charge in [-0.2, -0.15) is 0 Å². The Balaban J connectivity index is 2.11. The van der Waals surface area contributed by atoms with Gasteiger partial charge in [-0.1, -0.05) is 37.0 Å². The number of halogens is 2. The summed E-state index contributed by atoms with van der Waals surface area (Å²) in [6.45, 7) is 6.52. The molecule has 4 heteroatoms. The number of nitrogens with two attached hydrogens (primary N) is 1. The third-order valence-corrected chi connectivity index (χ3v) is 3.81. The Morgan fingerprint density at radius 2 is 1.83 bits per heavy atom. The highest BCUT2D eigenvalue weighted by Gasteiger charge is 2.29. The van der Waals surface area contributed by atoms with Crippen molar-refractivity contribution in [3.8, 4) is 0 Å². The van der Waals surface area contributed by atoms with E-state index in [-0.39, 0.29) is 0 Å². The molecule has 1 fully saturated rings. The van der Waals surface area contributed by atoms with Crippen LogP contribution in [0.1, 0.15) is 32.3 Å². The second-order valence-electron chi connectivity index (χ2n) is 5.53. The first kappa shape index (κ1) is 14.0. The first-order chi connectivity index (χ1) is 8.47. The highest BCUT2D eigenvalue weighted by Crippen LogP contribution is 2.32. The number of hydrogen-bond acceptors (Lipinski definition) is 2. The van der Waals surface area contributed by atoms with Crippen molar-refractivity contribution in [1.82, 2.24) is 4.90 Å². The van der Waals surface area contributed by atoms with Crippen molar-refractivity contribution in [1.29, 1.82) is 0 Å². The molecule has 0 aromatic heterocycles. The van der Waals surface area contributed by atoms with Gasteiger partial charge in [0.1, 0.15) is 0 Å². The van der Waals surface area contributed by atoms with Crippen molar-refractivity contribution in [2.75, 3.05) is 12.3 Å². The van der Waals surface area contributed by atoms with Gasteiger partial charge in [0.15, 0.2) is 0 Å². The lowest BCUT2D eigenvalue weighted by molar-refractivity contribution is 0.226. The first-order valence-corrected chi connectivity index (χ1v) is 7.20. The average Bonchev–Trinajstić information content (AvgIpc) is 3.08. The minimum Gasteiger partial charge on any atom is -0.396 e. The van der Waals surface area contributed by atoms with E-state index >= 15 is 0 Å². The Hall–Kier alpha value is -0.440. The Kier molecular flexibility index (Phi) is 4.41. The van der Waals surface area contributed by atoms with Crippen LogP contribution in [0.2, 0.25) is 10.0 Å². The van der Waals surface area contributed by atoms with Crippen molar-refractivity contribution in [3.63, 3.8) is 0 Å². The fourth-order valence-electron chi connectivity index (χ4n) is 2.21. The highest BCUT2D eigenvalue weighted by molar-refractivity contribution is 6.38. The van der Waals surface area contributed by atoms with Crippen molar-refractivity contribution in [2.45, 2.75) is 39.3 Å². The molecule has 1 aliphatic rings. The third-order valence-electron chi connectivity index (χ3n) is 3.19. The molecule has 0 saturated heterocycles. The van der Waals surface area contributed by atoms with E-state index in [0.717, 1.165) is 24.7 Å². The summed E-state index contributed by atoms with van der Waals surface area (Å²) < 4.78 is 0. The standard InChI is InChI=1S/C14H20Cl2N2/c1-9(2)7-18(11-3-4-11)8-10-5-12(15)14(17)13(16)6-10/h5-6,9,11H,3-4,7-8,17H2,1-2H3. The average molecular weight is 287 g/mol. The van der Waals surface area contributed by atoms with Crippen molar-refractivity contribution < 1.29 is 0 Å². The lowest BCUT2D eigenvalue weighted by Crippen LogP contribution is -2.29. The molecule has 0 radical (unpaired) electrons. The molecular formula is C14H20Cl2N2. The zero-order valence-corrected chi connectivity index (χ0v) is 12.4. The second-order valence-corrected chi connectivity index (χ2v) is 6.34. The summed E-state index contributed by atoms with van der Waals surface area (Å²) in [6, 6.07) is 4.60. The SMILES string of the molecule is CC(C)CN(Cc1cc(Cl)c(N)c(Cl)c1)C1CC1. The zero-order valence-electron chi connectivity index (χ0n) is 10.9. The van der Waals surface area contributed by atoms with E-state index in [1.54, 1.807) is 0 Å². The number of nitrogens with zero attached hydrogens (tertiary/aromatic N) is 1. The van der Waals surface area contributed by atoms with E-state index in [4.69, 9.17) is 28.9 Å². The molecule has 2 rings (SSSR count). The molecule has 0 amide bonds. The Morgan fingerprint density at radius 1 is 1.28 bits per heavy atom. The van der Waals surface area contributed by atoms with Gasteiger partial charge in [0.2, 0.25) is 0 Å². The number of rotatable bonds is 5. The molecule has 1 aromatic carbocycles. The molecule has 0 unspecified atom stereocenters. The largest absolute Gasteiger partial charge is 0.396 e. The van der Waals surface area contributed by atoms with Gasteiger partial charge in [-0.05, 0) is 36.5 Å². The van der Waals surface area contributed by atoms with Gasteiger partial charge >= 0.3 is 0 Å². The first-order valence-electron chi connectivity index (χ1n) is 6.44. The monoisotopic (exact) mass is 286 g/mol. The maximum absolute atomic E-state index is 6.08. The van der Waals surface area contributed by atoms with Crippen LogP contribution in [0.3, 0.4) is 0 Å². The van der Waals surface area contributed by atoms with Gasteiger partial charge < -0.3 is 5.73 Å². The topological polar surface area (TPSA) is 29.3 Å². The van der Waals surface area contributed by atoms with E-state index in [1.165, 1.54) is 12.8 Å². The van der Waals surface area contributed by atoms with Crippen LogP contribution >= 0.6 is 23.2 Å². The molecule has 1 aromatic rings. The minimum absolute atomic E-state index is 0.476. The number of hydrogen-bond donors (Lipinski definition) is 1. The van der Waals surface area contributed by atoms with Crippen molar-refractivity contribution in [3.05, 3.63) is 27.7 Å². The van der Waals surface area contributed by atoms with Gasteiger partial charge in [-0.3, -0.25) is 4.90 Å². The van der Waals surface area contributed by atoms with Gasteiger partial charge in [0, 0.05) is 19.1 Å². The van der Waals surface area contributed by atoms with Crippen LogP contribution in [-0.4, -0.2) is 17.5 Å². The molecule has 0 spiro atoms. The zero-order chi connectivity index (χ0) is 13.3. The summed E-state index contributed by atoms with van der Waals surface area (Å²) in [5.41, 5.74) is 7.38. The van der Waals surface area contributed by atoms with Crippen LogP contribution in [0.25, 0.3) is 0 Å². The molecule has 2 nitrogen and oxygen atoms in total. The predicted molar refractivity (Wildman–Crippen MR) is 79.1 cm³/mol. The van der Waals surface area contributed by atoms with Gasteiger partial charge in [0.05, 0.1) is 15.7 Å². The maximum atomic E-state index is 6.08. The summed E-state index contributed by atoms with van der Waals surface area (Å²) in [5.74, 6) is 0.672.